The second-order valence-corrected chi connectivity index (χ2v) is 5.06. The first kappa shape index (κ1) is 12.6. The highest BCUT2D eigenvalue weighted by Gasteiger charge is 2.50. The van der Waals surface area contributed by atoms with Gasteiger partial charge in [-0.15, -0.1) is 0 Å². The molecule has 3 nitrogen and oxygen atoms in total. The summed E-state index contributed by atoms with van der Waals surface area (Å²) in [5, 5.41) is 0. The van der Waals surface area contributed by atoms with Crippen molar-refractivity contribution in [1.82, 2.24) is 0 Å². The molecule has 0 bridgehead atoms. The van der Waals surface area contributed by atoms with Crippen LogP contribution in [-0.4, -0.2) is 18.7 Å². The fourth-order valence-electron chi connectivity index (χ4n) is 2.71. The van der Waals surface area contributed by atoms with Crippen LogP contribution in [0.25, 0.3) is 0 Å². The molecule has 20 heavy (non-hydrogen) atoms. The fourth-order valence-corrected chi connectivity index (χ4v) is 2.71. The van der Waals surface area contributed by atoms with Gasteiger partial charge in [0.05, 0.1) is 7.11 Å². The molecule has 0 amide bonds. The molecular formula is C17H14O3. The number of hydrogen-bond acceptors (Lipinski definition) is 3. The topological polar surface area (TPSA) is 43.4 Å². The van der Waals surface area contributed by atoms with Gasteiger partial charge in [-0.25, -0.2) is 0 Å². The van der Waals surface area contributed by atoms with E-state index in [-0.39, 0.29) is 11.6 Å². The first-order valence-electron chi connectivity index (χ1n) is 6.42. The SMILES string of the molecule is COc1ccc(C2(C)C(=O)c3ccccc3C2=O)cc1. The summed E-state index contributed by atoms with van der Waals surface area (Å²) in [5.74, 6) is 0.430. The van der Waals surface area contributed by atoms with Crippen LogP contribution in [0.4, 0.5) is 0 Å². The lowest BCUT2D eigenvalue weighted by atomic mass is 9.78. The Hall–Kier alpha value is -2.42. The molecule has 3 heteroatoms. The van der Waals surface area contributed by atoms with Gasteiger partial charge in [0.25, 0.3) is 0 Å². The molecular weight excluding hydrogens is 252 g/mol. The van der Waals surface area contributed by atoms with Crippen molar-refractivity contribution in [1.29, 1.82) is 0 Å². The van der Waals surface area contributed by atoms with Crippen LogP contribution < -0.4 is 4.74 Å². The molecule has 0 fully saturated rings. The molecule has 1 aliphatic carbocycles. The zero-order valence-corrected chi connectivity index (χ0v) is 11.3. The molecule has 2 aromatic carbocycles. The summed E-state index contributed by atoms with van der Waals surface area (Å²) in [7, 11) is 1.58. The molecule has 1 aliphatic rings. The van der Waals surface area contributed by atoms with Crippen LogP contribution in [0.2, 0.25) is 0 Å². The maximum atomic E-state index is 12.6. The molecule has 0 aliphatic heterocycles. The van der Waals surface area contributed by atoms with Gasteiger partial charge in [-0.1, -0.05) is 36.4 Å². The molecule has 0 saturated carbocycles. The minimum absolute atomic E-state index is 0.136. The molecule has 2 aromatic rings. The van der Waals surface area contributed by atoms with E-state index in [2.05, 4.69) is 0 Å². The summed E-state index contributed by atoms with van der Waals surface area (Å²) in [6, 6.07) is 14.1. The zero-order valence-electron chi connectivity index (χ0n) is 11.3. The van der Waals surface area contributed by atoms with Crippen LogP contribution in [0.3, 0.4) is 0 Å². The van der Waals surface area contributed by atoms with Crippen molar-refractivity contribution in [3.63, 3.8) is 0 Å². The Labute approximate surface area is 117 Å². The van der Waals surface area contributed by atoms with Crippen molar-refractivity contribution in [2.45, 2.75) is 12.3 Å². The van der Waals surface area contributed by atoms with Gasteiger partial charge in [-0.3, -0.25) is 9.59 Å². The standard InChI is InChI=1S/C17H14O3/c1-17(11-7-9-12(20-2)10-8-11)15(18)13-5-3-4-6-14(13)16(17)19/h3-10H,1-2H3. The van der Waals surface area contributed by atoms with Crippen molar-refractivity contribution in [2.75, 3.05) is 7.11 Å². The number of ketones is 2. The summed E-state index contributed by atoms with van der Waals surface area (Å²) in [6.45, 7) is 1.69. The number of hydrogen-bond donors (Lipinski definition) is 0. The predicted molar refractivity (Wildman–Crippen MR) is 75.4 cm³/mol. The summed E-state index contributed by atoms with van der Waals surface area (Å²) in [5.41, 5.74) is 0.590. The normalized spacial score (nSPS) is 16.1. The van der Waals surface area contributed by atoms with Crippen molar-refractivity contribution in [2.24, 2.45) is 0 Å². The fraction of sp³-hybridized carbons (Fsp3) is 0.176. The minimum Gasteiger partial charge on any atom is -0.497 e. The molecule has 0 atom stereocenters. The van der Waals surface area contributed by atoms with E-state index in [4.69, 9.17) is 4.74 Å². The number of fused-ring (bicyclic) bond motifs is 1. The van der Waals surface area contributed by atoms with Crippen LogP contribution in [-0.2, 0) is 5.41 Å². The van der Waals surface area contributed by atoms with Crippen molar-refractivity contribution >= 4 is 11.6 Å². The molecule has 0 aromatic heterocycles. The average molecular weight is 266 g/mol. The molecule has 0 unspecified atom stereocenters. The van der Waals surface area contributed by atoms with E-state index in [0.29, 0.717) is 22.4 Å². The van der Waals surface area contributed by atoms with E-state index in [9.17, 15) is 9.59 Å². The highest BCUT2D eigenvalue weighted by atomic mass is 16.5. The molecule has 0 N–H and O–H groups in total. The lowest BCUT2D eigenvalue weighted by Gasteiger charge is -2.21. The Kier molecular flexibility index (Phi) is 2.71. The Bertz CT molecular complexity index is 663. The van der Waals surface area contributed by atoms with Crippen LogP contribution >= 0.6 is 0 Å². The molecule has 0 spiro atoms. The third kappa shape index (κ3) is 1.53. The molecule has 0 radical (unpaired) electrons. The average Bonchev–Trinajstić information content (AvgIpc) is 2.71. The minimum atomic E-state index is -1.13. The number of Topliss-reactive ketones (excluding diaryl/α,β-unsaturated/α-hetero) is 2. The quantitative estimate of drug-likeness (QED) is 0.785. The van der Waals surface area contributed by atoms with Gasteiger partial charge in [0, 0.05) is 11.1 Å². The summed E-state index contributed by atoms with van der Waals surface area (Å²) in [4.78, 5) is 25.3. The smallest absolute Gasteiger partial charge is 0.181 e. The van der Waals surface area contributed by atoms with E-state index < -0.39 is 5.41 Å². The Morgan fingerprint density at radius 2 is 1.35 bits per heavy atom. The number of rotatable bonds is 2. The highest BCUT2D eigenvalue weighted by molar-refractivity contribution is 6.32. The zero-order chi connectivity index (χ0) is 14.3. The van der Waals surface area contributed by atoms with E-state index in [1.807, 2.05) is 0 Å². The monoisotopic (exact) mass is 266 g/mol. The van der Waals surface area contributed by atoms with Gasteiger partial charge < -0.3 is 4.74 Å². The van der Waals surface area contributed by atoms with Crippen LogP contribution in [0.1, 0.15) is 33.2 Å². The van der Waals surface area contributed by atoms with Crippen molar-refractivity contribution in [3.8, 4) is 5.75 Å². The van der Waals surface area contributed by atoms with Crippen molar-refractivity contribution in [3.05, 3.63) is 65.2 Å². The Morgan fingerprint density at radius 3 is 1.80 bits per heavy atom. The highest BCUT2D eigenvalue weighted by Crippen LogP contribution is 2.39. The van der Waals surface area contributed by atoms with E-state index in [1.54, 1.807) is 62.6 Å². The Balaban J connectivity index is 2.13. The van der Waals surface area contributed by atoms with Gasteiger partial charge in [0.1, 0.15) is 11.2 Å². The van der Waals surface area contributed by atoms with Gasteiger partial charge in [0.2, 0.25) is 0 Å². The lowest BCUT2D eigenvalue weighted by molar-refractivity contribution is 0.0810. The molecule has 0 heterocycles. The van der Waals surface area contributed by atoms with Crippen LogP contribution in [0.15, 0.2) is 48.5 Å². The number of carbonyl (C=O) groups is 2. The third-order valence-electron chi connectivity index (χ3n) is 3.99. The number of benzene rings is 2. The second kappa shape index (κ2) is 4.30. The lowest BCUT2D eigenvalue weighted by Crippen LogP contribution is -2.34. The number of carbonyl (C=O) groups excluding carboxylic acids is 2. The maximum absolute atomic E-state index is 12.6. The first-order valence-corrected chi connectivity index (χ1v) is 6.42. The predicted octanol–water partition coefficient (Wildman–Crippen LogP) is 3.03. The van der Waals surface area contributed by atoms with E-state index in [0.717, 1.165) is 0 Å². The molecule has 3 rings (SSSR count). The summed E-state index contributed by atoms with van der Waals surface area (Å²) >= 11 is 0. The number of methoxy groups -OCH3 is 1. The maximum Gasteiger partial charge on any atom is 0.181 e. The summed E-state index contributed by atoms with van der Waals surface area (Å²) in [6.07, 6.45) is 0. The van der Waals surface area contributed by atoms with Gasteiger partial charge in [0.15, 0.2) is 11.6 Å². The Morgan fingerprint density at radius 1 is 0.850 bits per heavy atom. The van der Waals surface area contributed by atoms with Crippen LogP contribution in [0, 0.1) is 0 Å². The van der Waals surface area contributed by atoms with E-state index >= 15 is 0 Å². The second-order valence-electron chi connectivity index (χ2n) is 5.06. The van der Waals surface area contributed by atoms with Crippen molar-refractivity contribution < 1.29 is 14.3 Å². The number of ether oxygens (including phenoxy) is 1. The summed E-state index contributed by atoms with van der Waals surface area (Å²) < 4.78 is 5.11. The molecule has 100 valence electrons. The van der Waals surface area contributed by atoms with E-state index in [1.165, 1.54) is 0 Å². The van der Waals surface area contributed by atoms with Crippen LogP contribution in [0.5, 0.6) is 5.75 Å². The largest absolute Gasteiger partial charge is 0.497 e. The molecule has 0 saturated heterocycles. The first-order chi connectivity index (χ1) is 9.59. The third-order valence-corrected chi connectivity index (χ3v) is 3.99. The van der Waals surface area contributed by atoms with Gasteiger partial charge in [-0.05, 0) is 24.6 Å². The van der Waals surface area contributed by atoms with Gasteiger partial charge in [-0.2, -0.15) is 0 Å². The van der Waals surface area contributed by atoms with Gasteiger partial charge >= 0.3 is 0 Å².